The van der Waals surface area contributed by atoms with E-state index in [2.05, 4.69) is 11.9 Å². The average molecular weight is 463 g/mol. The molecule has 0 bridgehead atoms. The average Bonchev–Trinajstić information content (AvgIpc) is 3.17. The highest BCUT2D eigenvalue weighted by atomic mass is 32.1. The number of carbonyl (C=O) groups is 1. The number of hydrogen-bond donors (Lipinski definition) is 0. The quantitative estimate of drug-likeness (QED) is 0.503. The van der Waals surface area contributed by atoms with E-state index in [1.165, 1.54) is 18.4 Å². The summed E-state index contributed by atoms with van der Waals surface area (Å²) in [6.45, 7) is 4.67. The van der Waals surface area contributed by atoms with E-state index in [-0.39, 0.29) is 5.56 Å². The predicted octanol–water partition coefficient (Wildman–Crippen LogP) is 3.59. The fourth-order valence-corrected chi connectivity index (χ4v) is 4.87. The molecule has 0 unspecified atom stereocenters. The third kappa shape index (κ3) is 4.54. The Bertz CT molecular complexity index is 1350. The number of rotatable bonds is 7. The molecule has 0 saturated carbocycles. The SMILES string of the molecule is CCCOc1ccc(/C=c2\sc3n(c2=O)[C@H](c2ccccc2)C(C(=O)OC)=C(CC)N=3)cc1. The number of allylic oxidation sites excluding steroid dienone is 1. The van der Waals surface area contributed by atoms with Crippen LogP contribution in [0.5, 0.6) is 5.75 Å². The third-order valence-electron chi connectivity index (χ3n) is 5.42. The van der Waals surface area contributed by atoms with Crippen LogP contribution in [0.3, 0.4) is 0 Å². The minimum atomic E-state index is -0.586. The molecule has 0 N–H and O–H groups in total. The molecule has 0 fully saturated rings. The molecule has 2 aromatic carbocycles. The summed E-state index contributed by atoms with van der Waals surface area (Å²) in [7, 11) is 1.35. The van der Waals surface area contributed by atoms with Crippen LogP contribution in [-0.4, -0.2) is 24.3 Å². The van der Waals surface area contributed by atoms with Crippen LogP contribution >= 0.6 is 11.3 Å². The van der Waals surface area contributed by atoms with Gasteiger partial charge in [-0.15, -0.1) is 0 Å². The van der Waals surface area contributed by atoms with Crippen LogP contribution in [0.1, 0.15) is 43.9 Å². The van der Waals surface area contributed by atoms with E-state index < -0.39 is 12.0 Å². The monoisotopic (exact) mass is 462 g/mol. The van der Waals surface area contributed by atoms with Gasteiger partial charge in [0, 0.05) is 0 Å². The molecule has 1 aliphatic rings. The second kappa shape index (κ2) is 10.0. The zero-order valence-electron chi connectivity index (χ0n) is 18.9. The van der Waals surface area contributed by atoms with Crippen molar-refractivity contribution in [1.82, 2.24) is 4.57 Å². The Morgan fingerprint density at radius 1 is 1.12 bits per heavy atom. The van der Waals surface area contributed by atoms with Gasteiger partial charge in [-0.25, -0.2) is 9.79 Å². The van der Waals surface area contributed by atoms with E-state index >= 15 is 0 Å². The number of nitrogens with zero attached hydrogens (tertiary/aromatic N) is 2. The summed E-state index contributed by atoms with van der Waals surface area (Å²) in [5.41, 5.74) is 2.59. The van der Waals surface area contributed by atoms with Crippen molar-refractivity contribution in [2.75, 3.05) is 13.7 Å². The summed E-state index contributed by atoms with van der Waals surface area (Å²) in [5, 5.41) is 0. The first kappa shape index (κ1) is 22.7. The van der Waals surface area contributed by atoms with E-state index in [1.54, 1.807) is 4.57 Å². The van der Waals surface area contributed by atoms with E-state index in [1.807, 2.05) is 67.6 Å². The summed E-state index contributed by atoms with van der Waals surface area (Å²) in [4.78, 5) is 31.6. The number of aromatic nitrogens is 1. The molecule has 1 aliphatic heterocycles. The highest BCUT2D eigenvalue weighted by molar-refractivity contribution is 7.07. The van der Waals surface area contributed by atoms with Crippen molar-refractivity contribution in [3.8, 4) is 5.75 Å². The minimum Gasteiger partial charge on any atom is -0.494 e. The maximum atomic E-state index is 13.5. The van der Waals surface area contributed by atoms with Crippen molar-refractivity contribution >= 4 is 23.4 Å². The lowest BCUT2D eigenvalue weighted by Crippen LogP contribution is -2.40. The molecular weight excluding hydrogens is 436 g/mol. The lowest BCUT2D eigenvalue weighted by molar-refractivity contribution is -0.136. The van der Waals surface area contributed by atoms with Crippen molar-refractivity contribution in [2.45, 2.75) is 32.7 Å². The molecule has 0 radical (unpaired) electrons. The Morgan fingerprint density at radius 2 is 1.85 bits per heavy atom. The van der Waals surface area contributed by atoms with Crippen LogP contribution in [0.15, 0.2) is 75.7 Å². The second-order valence-electron chi connectivity index (χ2n) is 7.62. The normalized spacial score (nSPS) is 15.7. The molecule has 3 aromatic rings. The van der Waals surface area contributed by atoms with Crippen molar-refractivity contribution in [3.05, 3.63) is 96.7 Å². The van der Waals surface area contributed by atoms with Gasteiger partial charge >= 0.3 is 5.97 Å². The topological polar surface area (TPSA) is 69.9 Å². The molecule has 0 spiro atoms. The molecular formula is C26H26N2O4S. The first-order chi connectivity index (χ1) is 16.1. The highest BCUT2D eigenvalue weighted by Gasteiger charge is 2.33. The lowest BCUT2D eigenvalue weighted by atomic mass is 9.95. The van der Waals surface area contributed by atoms with Crippen molar-refractivity contribution in [2.24, 2.45) is 4.99 Å². The molecule has 4 rings (SSSR count). The highest BCUT2D eigenvalue weighted by Crippen LogP contribution is 2.31. The summed E-state index contributed by atoms with van der Waals surface area (Å²) >= 11 is 1.32. The number of ether oxygens (including phenoxy) is 2. The summed E-state index contributed by atoms with van der Waals surface area (Å²) in [5.74, 6) is 0.330. The van der Waals surface area contributed by atoms with E-state index in [0.717, 1.165) is 23.3 Å². The van der Waals surface area contributed by atoms with E-state index in [0.29, 0.717) is 33.6 Å². The molecule has 0 saturated heterocycles. The van der Waals surface area contributed by atoms with Gasteiger partial charge in [-0.1, -0.05) is 67.6 Å². The van der Waals surface area contributed by atoms with Crippen LogP contribution < -0.4 is 19.6 Å². The largest absolute Gasteiger partial charge is 0.494 e. The van der Waals surface area contributed by atoms with Gasteiger partial charge in [-0.3, -0.25) is 9.36 Å². The van der Waals surface area contributed by atoms with Crippen LogP contribution in [0.2, 0.25) is 0 Å². The standard InChI is InChI=1S/C26H26N2O4S/c1-4-15-32-19-13-11-17(12-14-19)16-21-24(29)28-23(18-9-7-6-8-10-18)22(25(30)31-3)20(5-2)27-26(28)33-21/h6-14,16,23H,4-5,15H2,1-3H3/b21-16-/t23-/m1/s1. The van der Waals surface area contributed by atoms with Gasteiger partial charge in [0.1, 0.15) is 5.75 Å². The smallest absolute Gasteiger partial charge is 0.338 e. The number of methoxy groups -OCH3 is 1. The predicted molar refractivity (Wildman–Crippen MR) is 129 cm³/mol. The Morgan fingerprint density at radius 3 is 2.48 bits per heavy atom. The van der Waals surface area contributed by atoms with E-state index in [9.17, 15) is 9.59 Å². The Kier molecular flexibility index (Phi) is 6.89. The summed E-state index contributed by atoms with van der Waals surface area (Å²) in [6, 6.07) is 16.6. The van der Waals surface area contributed by atoms with Gasteiger partial charge in [-0.05, 0) is 42.2 Å². The fourth-order valence-electron chi connectivity index (χ4n) is 3.85. The molecule has 7 heteroatoms. The number of benzene rings is 2. The lowest BCUT2D eigenvalue weighted by Gasteiger charge is -2.25. The number of carbonyl (C=O) groups excluding carboxylic acids is 1. The third-order valence-corrected chi connectivity index (χ3v) is 6.40. The molecule has 170 valence electrons. The zero-order valence-corrected chi connectivity index (χ0v) is 19.7. The van der Waals surface area contributed by atoms with Crippen molar-refractivity contribution in [1.29, 1.82) is 0 Å². The van der Waals surface area contributed by atoms with Crippen molar-refractivity contribution in [3.63, 3.8) is 0 Å². The zero-order chi connectivity index (χ0) is 23.4. The van der Waals surface area contributed by atoms with Gasteiger partial charge in [0.25, 0.3) is 5.56 Å². The maximum absolute atomic E-state index is 13.5. The summed E-state index contributed by atoms with van der Waals surface area (Å²) in [6.07, 6.45) is 3.35. The molecule has 1 aromatic heterocycles. The van der Waals surface area contributed by atoms with E-state index in [4.69, 9.17) is 9.47 Å². The van der Waals surface area contributed by atoms with Gasteiger partial charge in [0.15, 0.2) is 4.80 Å². The van der Waals surface area contributed by atoms with Crippen LogP contribution in [0.25, 0.3) is 6.08 Å². The second-order valence-corrected chi connectivity index (χ2v) is 8.63. The van der Waals surface area contributed by atoms with Gasteiger partial charge in [-0.2, -0.15) is 0 Å². The summed E-state index contributed by atoms with van der Waals surface area (Å²) < 4.78 is 12.9. The van der Waals surface area contributed by atoms with Crippen molar-refractivity contribution < 1.29 is 14.3 Å². The first-order valence-electron chi connectivity index (χ1n) is 11.0. The fraction of sp³-hybridized carbons (Fsp3) is 0.269. The van der Waals surface area contributed by atoms with Gasteiger partial charge < -0.3 is 9.47 Å². The number of fused-ring (bicyclic) bond motifs is 1. The molecule has 6 nitrogen and oxygen atoms in total. The molecule has 2 heterocycles. The Hall–Kier alpha value is -3.45. The molecule has 1 atom stereocenters. The number of esters is 1. The van der Waals surface area contributed by atoms with Gasteiger partial charge in [0.05, 0.1) is 35.6 Å². The maximum Gasteiger partial charge on any atom is 0.338 e. The van der Waals surface area contributed by atoms with Crippen LogP contribution in [0, 0.1) is 0 Å². The number of hydrogen-bond acceptors (Lipinski definition) is 6. The Labute approximate surface area is 196 Å². The minimum absolute atomic E-state index is 0.185. The van der Waals surface area contributed by atoms with Gasteiger partial charge in [0.2, 0.25) is 0 Å². The Balaban J connectivity index is 1.86. The number of thiazole rings is 1. The van der Waals surface area contributed by atoms with Crippen LogP contribution in [0.4, 0.5) is 0 Å². The van der Waals surface area contributed by atoms with Crippen LogP contribution in [-0.2, 0) is 9.53 Å². The molecule has 0 aliphatic carbocycles. The molecule has 0 amide bonds. The first-order valence-corrected chi connectivity index (χ1v) is 11.8. The molecule has 33 heavy (non-hydrogen) atoms.